The number of rotatable bonds is 3. The largest absolute Gasteiger partial charge is 0.294 e. The molecule has 2 aromatic carbocycles. The van der Waals surface area contributed by atoms with Gasteiger partial charge in [-0.25, -0.2) is 17.6 Å². The van der Waals surface area contributed by atoms with E-state index in [0.29, 0.717) is 6.07 Å². The number of benzene rings is 2. The number of carbonyl (C=O) groups excluding carboxylic acids is 1. The summed E-state index contributed by atoms with van der Waals surface area (Å²) in [6.45, 7) is 0. The Morgan fingerprint density at radius 2 is 1.68 bits per heavy atom. The summed E-state index contributed by atoms with van der Waals surface area (Å²) in [5, 5.41) is 0. The Kier molecular flexibility index (Phi) is 3.64. The quantitative estimate of drug-likeness (QED) is 0.613. The lowest BCUT2D eigenvalue weighted by Crippen LogP contribution is -2.08. The summed E-state index contributed by atoms with van der Waals surface area (Å²) in [7, 11) is 0. The number of carbonyl (C=O) groups is 1. The Bertz CT molecular complexity index is 637. The van der Waals surface area contributed by atoms with E-state index in [1.165, 1.54) is 6.07 Å². The zero-order valence-electron chi connectivity index (χ0n) is 9.59. The minimum absolute atomic E-state index is 0.0740. The number of Topliss-reactive ketones (excluding diaryl/α,β-unsaturated/α-hetero) is 1. The highest BCUT2D eigenvalue weighted by molar-refractivity contribution is 5.97. The van der Waals surface area contributed by atoms with Crippen LogP contribution in [-0.4, -0.2) is 5.78 Å². The standard InChI is InChI=1S/C14H8F4O/c15-9-5-4-8(12(17)7-9)6-13(19)10-2-1-3-11(16)14(10)18/h1-5,7H,6H2. The molecule has 0 saturated carbocycles. The lowest BCUT2D eigenvalue weighted by Gasteiger charge is -2.05. The van der Waals surface area contributed by atoms with E-state index < -0.39 is 41.0 Å². The van der Waals surface area contributed by atoms with Crippen LogP contribution < -0.4 is 0 Å². The molecular formula is C14H8F4O. The van der Waals surface area contributed by atoms with Gasteiger partial charge in [0.15, 0.2) is 17.4 Å². The van der Waals surface area contributed by atoms with Crippen LogP contribution in [0.3, 0.4) is 0 Å². The van der Waals surface area contributed by atoms with Crippen LogP contribution in [0, 0.1) is 23.3 Å². The van der Waals surface area contributed by atoms with E-state index in [2.05, 4.69) is 0 Å². The average molecular weight is 268 g/mol. The van der Waals surface area contributed by atoms with Crippen molar-refractivity contribution in [2.45, 2.75) is 6.42 Å². The number of ketones is 1. The van der Waals surface area contributed by atoms with Gasteiger partial charge in [0.05, 0.1) is 5.56 Å². The predicted molar refractivity (Wildman–Crippen MR) is 60.8 cm³/mol. The van der Waals surface area contributed by atoms with E-state index >= 15 is 0 Å². The Morgan fingerprint density at radius 1 is 0.947 bits per heavy atom. The molecule has 0 unspecified atom stereocenters. The van der Waals surface area contributed by atoms with E-state index in [4.69, 9.17) is 0 Å². The fraction of sp³-hybridized carbons (Fsp3) is 0.0714. The van der Waals surface area contributed by atoms with Gasteiger partial charge in [0.1, 0.15) is 11.6 Å². The van der Waals surface area contributed by atoms with E-state index in [1.54, 1.807) is 0 Å². The third-order valence-electron chi connectivity index (χ3n) is 2.62. The van der Waals surface area contributed by atoms with Crippen molar-refractivity contribution in [3.63, 3.8) is 0 Å². The summed E-state index contributed by atoms with van der Waals surface area (Å²) >= 11 is 0. The van der Waals surface area contributed by atoms with Crippen LogP contribution in [0.1, 0.15) is 15.9 Å². The lowest BCUT2D eigenvalue weighted by molar-refractivity contribution is 0.0987. The van der Waals surface area contributed by atoms with E-state index in [0.717, 1.165) is 24.3 Å². The summed E-state index contributed by atoms with van der Waals surface area (Å²) in [5.74, 6) is -4.86. The Labute approximate surface area is 106 Å². The minimum atomic E-state index is -1.27. The maximum atomic E-state index is 13.4. The molecule has 0 aromatic heterocycles. The van der Waals surface area contributed by atoms with Gasteiger partial charge in [-0.1, -0.05) is 12.1 Å². The molecule has 0 saturated heterocycles. The molecule has 0 radical (unpaired) electrons. The van der Waals surface area contributed by atoms with Crippen LogP contribution >= 0.6 is 0 Å². The first-order valence-corrected chi connectivity index (χ1v) is 5.40. The SMILES string of the molecule is O=C(Cc1ccc(F)cc1F)c1cccc(F)c1F. The van der Waals surface area contributed by atoms with Crippen molar-refractivity contribution in [3.05, 3.63) is 70.8 Å². The second kappa shape index (κ2) is 5.22. The predicted octanol–water partition coefficient (Wildman–Crippen LogP) is 3.67. The number of hydrogen-bond donors (Lipinski definition) is 0. The molecule has 0 N–H and O–H groups in total. The van der Waals surface area contributed by atoms with E-state index in [1.807, 2.05) is 0 Å². The molecule has 0 fully saturated rings. The smallest absolute Gasteiger partial charge is 0.170 e. The summed E-state index contributed by atoms with van der Waals surface area (Å²) in [6.07, 6.45) is -0.466. The molecule has 0 heterocycles. The summed E-state index contributed by atoms with van der Waals surface area (Å²) < 4.78 is 52.4. The molecule has 0 bridgehead atoms. The fourth-order valence-corrected chi connectivity index (χ4v) is 1.65. The van der Waals surface area contributed by atoms with Crippen LogP contribution in [0.15, 0.2) is 36.4 Å². The molecule has 0 aliphatic rings. The van der Waals surface area contributed by atoms with E-state index in [9.17, 15) is 22.4 Å². The van der Waals surface area contributed by atoms with Gasteiger partial charge in [0.2, 0.25) is 0 Å². The van der Waals surface area contributed by atoms with Crippen LogP contribution in [-0.2, 0) is 6.42 Å². The van der Waals surface area contributed by atoms with Gasteiger partial charge in [0, 0.05) is 12.5 Å². The van der Waals surface area contributed by atoms with Gasteiger partial charge in [-0.15, -0.1) is 0 Å². The van der Waals surface area contributed by atoms with Crippen LogP contribution in [0.2, 0.25) is 0 Å². The Morgan fingerprint density at radius 3 is 2.37 bits per heavy atom. The van der Waals surface area contributed by atoms with Gasteiger partial charge in [-0.3, -0.25) is 4.79 Å². The monoisotopic (exact) mass is 268 g/mol. The maximum Gasteiger partial charge on any atom is 0.170 e. The van der Waals surface area contributed by atoms with Crippen molar-refractivity contribution >= 4 is 5.78 Å². The second-order valence-corrected chi connectivity index (χ2v) is 3.94. The summed E-state index contributed by atoms with van der Waals surface area (Å²) in [4.78, 5) is 11.8. The molecule has 0 amide bonds. The highest BCUT2D eigenvalue weighted by Gasteiger charge is 2.17. The molecule has 0 aliphatic carbocycles. The maximum absolute atomic E-state index is 13.4. The third kappa shape index (κ3) is 2.81. The molecule has 1 nitrogen and oxygen atoms in total. The van der Waals surface area contributed by atoms with Crippen molar-refractivity contribution in [2.24, 2.45) is 0 Å². The van der Waals surface area contributed by atoms with Crippen LogP contribution in [0.5, 0.6) is 0 Å². The van der Waals surface area contributed by atoms with Gasteiger partial charge < -0.3 is 0 Å². The molecular weight excluding hydrogens is 260 g/mol. The van der Waals surface area contributed by atoms with Crippen molar-refractivity contribution in [1.82, 2.24) is 0 Å². The van der Waals surface area contributed by atoms with Crippen molar-refractivity contribution in [2.75, 3.05) is 0 Å². The van der Waals surface area contributed by atoms with Gasteiger partial charge in [0.25, 0.3) is 0 Å². The topological polar surface area (TPSA) is 17.1 Å². The molecule has 0 atom stereocenters. The van der Waals surface area contributed by atoms with E-state index in [-0.39, 0.29) is 5.56 Å². The first-order valence-electron chi connectivity index (χ1n) is 5.40. The van der Waals surface area contributed by atoms with Crippen LogP contribution in [0.25, 0.3) is 0 Å². The van der Waals surface area contributed by atoms with Crippen molar-refractivity contribution < 1.29 is 22.4 Å². The molecule has 0 aliphatic heterocycles. The van der Waals surface area contributed by atoms with Crippen molar-refractivity contribution in [3.8, 4) is 0 Å². The lowest BCUT2D eigenvalue weighted by atomic mass is 10.0. The minimum Gasteiger partial charge on any atom is -0.294 e. The molecule has 98 valence electrons. The molecule has 19 heavy (non-hydrogen) atoms. The summed E-state index contributed by atoms with van der Waals surface area (Å²) in [5.41, 5.74) is -0.529. The highest BCUT2D eigenvalue weighted by Crippen LogP contribution is 2.16. The third-order valence-corrected chi connectivity index (χ3v) is 2.62. The Balaban J connectivity index is 2.28. The Hall–Kier alpha value is -2.17. The first-order chi connectivity index (χ1) is 8.99. The van der Waals surface area contributed by atoms with Gasteiger partial charge in [-0.05, 0) is 23.8 Å². The fourth-order valence-electron chi connectivity index (χ4n) is 1.65. The number of halogens is 4. The number of hydrogen-bond acceptors (Lipinski definition) is 1. The molecule has 5 heteroatoms. The molecule has 2 rings (SSSR count). The first kappa shape index (κ1) is 13.3. The summed E-state index contributed by atoms with van der Waals surface area (Å²) in [6, 6.07) is 5.90. The normalized spacial score (nSPS) is 10.5. The zero-order valence-corrected chi connectivity index (χ0v) is 9.59. The van der Waals surface area contributed by atoms with Gasteiger partial charge >= 0.3 is 0 Å². The van der Waals surface area contributed by atoms with Crippen LogP contribution in [0.4, 0.5) is 17.6 Å². The van der Waals surface area contributed by atoms with Crippen molar-refractivity contribution in [1.29, 1.82) is 0 Å². The zero-order chi connectivity index (χ0) is 14.0. The second-order valence-electron chi connectivity index (χ2n) is 3.94. The molecule has 2 aromatic rings. The molecule has 0 spiro atoms. The van der Waals surface area contributed by atoms with Gasteiger partial charge in [-0.2, -0.15) is 0 Å². The average Bonchev–Trinajstić information content (AvgIpc) is 2.36. The highest BCUT2D eigenvalue weighted by atomic mass is 19.2.